The fourth-order valence-electron chi connectivity index (χ4n) is 2.20. The van der Waals surface area contributed by atoms with Crippen molar-refractivity contribution >= 4 is 40.4 Å². The van der Waals surface area contributed by atoms with Crippen molar-refractivity contribution in [2.24, 2.45) is 0 Å². The third kappa shape index (κ3) is 2.94. The smallest absolute Gasteiger partial charge is 0.227 e. The normalized spacial score (nSPS) is 14.8. The number of nitrogens with zero attached hydrogens (tertiary/aromatic N) is 2. The Morgan fingerprint density at radius 1 is 1.45 bits per heavy atom. The zero-order valence-electron chi connectivity index (χ0n) is 10.8. The summed E-state index contributed by atoms with van der Waals surface area (Å²) in [5, 5.41) is 5.92. The van der Waals surface area contributed by atoms with Crippen LogP contribution in [0.5, 0.6) is 0 Å². The molecule has 4 nitrogen and oxygen atoms in total. The van der Waals surface area contributed by atoms with Gasteiger partial charge in [0.05, 0.1) is 23.5 Å². The number of aromatic nitrogens is 1. The Balaban J connectivity index is 1.62. The predicted molar refractivity (Wildman–Crippen MR) is 82.5 cm³/mol. The molecule has 1 aliphatic rings. The molecule has 20 heavy (non-hydrogen) atoms. The maximum absolute atomic E-state index is 11.6. The van der Waals surface area contributed by atoms with Crippen molar-refractivity contribution in [3.05, 3.63) is 39.7 Å². The summed E-state index contributed by atoms with van der Waals surface area (Å²) in [6.07, 6.45) is 3.31. The van der Waals surface area contributed by atoms with Gasteiger partial charge in [-0.05, 0) is 24.6 Å². The van der Waals surface area contributed by atoms with Gasteiger partial charge in [0.25, 0.3) is 0 Å². The molecule has 2 aromatic heterocycles. The van der Waals surface area contributed by atoms with Gasteiger partial charge in [-0.25, -0.2) is 4.98 Å². The van der Waals surface area contributed by atoms with Crippen molar-refractivity contribution in [1.82, 2.24) is 4.98 Å². The molecule has 3 heterocycles. The van der Waals surface area contributed by atoms with Crippen LogP contribution in [0.3, 0.4) is 0 Å². The van der Waals surface area contributed by atoms with Crippen molar-refractivity contribution in [3.8, 4) is 0 Å². The Hall–Kier alpha value is -1.59. The van der Waals surface area contributed by atoms with Gasteiger partial charge in [-0.2, -0.15) is 0 Å². The zero-order valence-corrected chi connectivity index (χ0v) is 12.4. The quantitative estimate of drug-likeness (QED) is 0.939. The highest BCUT2D eigenvalue weighted by atomic mass is 35.5. The number of pyridine rings is 1. The molecule has 0 spiro atoms. The van der Waals surface area contributed by atoms with Crippen LogP contribution in [0, 0.1) is 0 Å². The molecular weight excluding hydrogens is 294 g/mol. The minimum Gasteiger partial charge on any atom is -0.365 e. The molecule has 0 bridgehead atoms. The Morgan fingerprint density at radius 3 is 2.95 bits per heavy atom. The topological polar surface area (TPSA) is 45.2 Å². The van der Waals surface area contributed by atoms with E-state index < -0.39 is 0 Å². The van der Waals surface area contributed by atoms with Gasteiger partial charge >= 0.3 is 0 Å². The first-order chi connectivity index (χ1) is 9.72. The number of hydrogen-bond donors (Lipinski definition) is 1. The van der Waals surface area contributed by atoms with E-state index in [1.54, 1.807) is 22.4 Å². The molecule has 1 N–H and O–H groups in total. The van der Waals surface area contributed by atoms with E-state index in [4.69, 9.17) is 11.6 Å². The van der Waals surface area contributed by atoms with Crippen LogP contribution in [-0.2, 0) is 11.3 Å². The minimum absolute atomic E-state index is 0.181. The van der Waals surface area contributed by atoms with E-state index >= 15 is 0 Å². The van der Waals surface area contributed by atoms with Crippen molar-refractivity contribution in [1.29, 1.82) is 0 Å². The van der Waals surface area contributed by atoms with Crippen LogP contribution >= 0.6 is 22.9 Å². The van der Waals surface area contributed by atoms with Gasteiger partial charge in [0.15, 0.2) is 0 Å². The summed E-state index contributed by atoms with van der Waals surface area (Å²) in [5.41, 5.74) is 0.872. The first kappa shape index (κ1) is 13.4. The van der Waals surface area contributed by atoms with Crippen LogP contribution < -0.4 is 10.2 Å². The van der Waals surface area contributed by atoms with Crippen LogP contribution in [0.1, 0.15) is 17.7 Å². The predicted octanol–water partition coefficient (Wildman–Crippen LogP) is 3.54. The number of hydrogen-bond acceptors (Lipinski definition) is 4. The highest BCUT2D eigenvalue weighted by molar-refractivity contribution is 7.10. The molecule has 1 saturated heterocycles. The summed E-state index contributed by atoms with van der Waals surface area (Å²) < 4.78 is 0. The van der Waals surface area contributed by atoms with Crippen molar-refractivity contribution in [2.45, 2.75) is 19.4 Å². The van der Waals surface area contributed by atoms with E-state index in [0.29, 0.717) is 13.0 Å². The summed E-state index contributed by atoms with van der Waals surface area (Å²) in [5.74, 6) is 0.977. The summed E-state index contributed by atoms with van der Waals surface area (Å²) in [6.45, 7) is 1.49. The van der Waals surface area contributed by atoms with Gasteiger partial charge < -0.3 is 10.2 Å². The molecule has 2 aromatic rings. The number of halogens is 1. The second-order valence-corrected chi connectivity index (χ2v) is 6.07. The summed E-state index contributed by atoms with van der Waals surface area (Å²) >= 11 is 7.50. The van der Waals surface area contributed by atoms with Gasteiger partial charge in [0.2, 0.25) is 5.91 Å². The number of rotatable bonds is 4. The van der Waals surface area contributed by atoms with Gasteiger partial charge in [-0.1, -0.05) is 11.6 Å². The first-order valence-corrected chi connectivity index (χ1v) is 7.71. The molecule has 1 amide bonds. The molecule has 0 aliphatic carbocycles. The van der Waals surface area contributed by atoms with Crippen LogP contribution in [0.15, 0.2) is 29.8 Å². The van der Waals surface area contributed by atoms with Crippen molar-refractivity contribution < 1.29 is 4.79 Å². The lowest BCUT2D eigenvalue weighted by atomic mass is 10.3. The van der Waals surface area contributed by atoms with Gasteiger partial charge in [-0.3, -0.25) is 4.79 Å². The number of carbonyl (C=O) groups excluding carboxylic acids is 1. The lowest BCUT2D eigenvalue weighted by molar-refractivity contribution is -0.117. The zero-order chi connectivity index (χ0) is 13.9. The van der Waals surface area contributed by atoms with Crippen LogP contribution in [-0.4, -0.2) is 17.4 Å². The molecule has 0 aromatic carbocycles. The molecule has 0 radical (unpaired) electrons. The van der Waals surface area contributed by atoms with E-state index in [0.717, 1.165) is 34.4 Å². The van der Waals surface area contributed by atoms with E-state index in [2.05, 4.69) is 10.3 Å². The lowest BCUT2D eigenvalue weighted by Gasteiger charge is -2.15. The molecule has 1 fully saturated rings. The van der Waals surface area contributed by atoms with E-state index in [-0.39, 0.29) is 5.91 Å². The molecule has 0 saturated carbocycles. The summed E-state index contributed by atoms with van der Waals surface area (Å²) in [7, 11) is 0. The maximum Gasteiger partial charge on any atom is 0.227 e. The molecular formula is C14H14ClN3OS. The van der Waals surface area contributed by atoms with Gasteiger partial charge in [0.1, 0.15) is 5.82 Å². The molecule has 6 heteroatoms. The van der Waals surface area contributed by atoms with Crippen LogP contribution in [0.4, 0.5) is 11.5 Å². The van der Waals surface area contributed by atoms with Crippen molar-refractivity contribution in [3.63, 3.8) is 0 Å². The largest absolute Gasteiger partial charge is 0.365 e. The highest BCUT2D eigenvalue weighted by Crippen LogP contribution is 2.22. The third-order valence-corrected chi connectivity index (χ3v) is 4.48. The third-order valence-electron chi connectivity index (χ3n) is 3.20. The Morgan fingerprint density at radius 2 is 2.35 bits per heavy atom. The van der Waals surface area contributed by atoms with E-state index in [1.807, 2.05) is 23.6 Å². The fourth-order valence-corrected chi connectivity index (χ4v) is 3.21. The Kier molecular flexibility index (Phi) is 3.89. The molecule has 0 atom stereocenters. The van der Waals surface area contributed by atoms with Crippen molar-refractivity contribution in [2.75, 3.05) is 16.8 Å². The average molecular weight is 308 g/mol. The average Bonchev–Trinajstić information content (AvgIpc) is 3.06. The molecule has 1 aliphatic heterocycles. The standard InChI is InChI=1S/C14H14ClN3OS/c15-10-6-12(20-9-10)8-17-13-4-3-11(7-16-13)18-5-1-2-14(18)19/h3-4,6-7,9H,1-2,5,8H2,(H,16,17). The van der Waals surface area contributed by atoms with Gasteiger partial charge in [-0.15, -0.1) is 11.3 Å². The second kappa shape index (κ2) is 5.81. The minimum atomic E-state index is 0.181. The number of amides is 1. The molecule has 104 valence electrons. The van der Waals surface area contributed by atoms with Crippen LogP contribution in [0.2, 0.25) is 5.02 Å². The van der Waals surface area contributed by atoms with Crippen LogP contribution in [0.25, 0.3) is 0 Å². The maximum atomic E-state index is 11.6. The summed E-state index contributed by atoms with van der Waals surface area (Å²) in [4.78, 5) is 18.9. The number of nitrogens with one attached hydrogen (secondary N) is 1. The Bertz CT molecular complexity index is 611. The second-order valence-electron chi connectivity index (χ2n) is 4.64. The van der Waals surface area contributed by atoms with E-state index in [9.17, 15) is 4.79 Å². The number of anilines is 2. The molecule has 0 unspecified atom stereocenters. The lowest BCUT2D eigenvalue weighted by Crippen LogP contribution is -2.23. The monoisotopic (exact) mass is 307 g/mol. The first-order valence-electron chi connectivity index (χ1n) is 6.45. The fraction of sp³-hybridized carbons (Fsp3) is 0.286. The highest BCUT2D eigenvalue weighted by Gasteiger charge is 2.21. The number of carbonyl (C=O) groups is 1. The van der Waals surface area contributed by atoms with E-state index in [1.165, 1.54) is 0 Å². The SMILES string of the molecule is O=C1CCCN1c1ccc(NCc2cc(Cl)cs2)nc1. The number of thiophene rings is 1. The molecule has 3 rings (SSSR count). The summed E-state index contributed by atoms with van der Waals surface area (Å²) in [6, 6.07) is 5.77. The Labute approximate surface area is 126 Å². The van der Waals surface area contributed by atoms with Gasteiger partial charge in [0, 0.05) is 23.2 Å².